The highest BCUT2D eigenvalue weighted by Gasteiger charge is 2.40. The van der Waals surface area contributed by atoms with Gasteiger partial charge in [-0.15, -0.1) is 0 Å². The molecule has 0 spiro atoms. The predicted octanol–water partition coefficient (Wildman–Crippen LogP) is 2.86. The van der Waals surface area contributed by atoms with Gasteiger partial charge in [0.1, 0.15) is 18.4 Å². The summed E-state index contributed by atoms with van der Waals surface area (Å²) in [5, 5.41) is 0.136. The van der Waals surface area contributed by atoms with Crippen LogP contribution in [-0.2, 0) is 11.3 Å². The van der Waals surface area contributed by atoms with Crippen molar-refractivity contribution in [3.8, 4) is 0 Å². The maximum atomic E-state index is 12.5. The van der Waals surface area contributed by atoms with Crippen LogP contribution in [0.5, 0.6) is 0 Å². The van der Waals surface area contributed by atoms with E-state index in [4.69, 9.17) is 11.6 Å². The molecule has 0 N–H and O–H groups in total. The minimum Gasteiger partial charge on any atom is -0.367 e. The highest BCUT2D eigenvalue weighted by molar-refractivity contribution is 6.29. The number of rotatable bonds is 5. The van der Waals surface area contributed by atoms with E-state index >= 15 is 0 Å². The summed E-state index contributed by atoms with van der Waals surface area (Å²) in [6.45, 7) is -0.159. The number of hydrogen-bond acceptors (Lipinski definition) is 3. The van der Waals surface area contributed by atoms with Crippen molar-refractivity contribution < 1.29 is 22.3 Å². The van der Waals surface area contributed by atoms with Crippen LogP contribution < -0.4 is 0 Å². The van der Waals surface area contributed by atoms with Crippen LogP contribution in [0.4, 0.5) is 17.6 Å². The summed E-state index contributed by atoms with van der Waals surface area (Å²) in [6, 6.07) is 1.47. The largest absolute Gasteiger partial charge is 0.367 e. The first-order chi connectivity index (χ1) is 7.81. The molecule has 1 rings (SSSR count). The molecule has 0 atom stereocenters. The van der Waals surface area contributed by atoms with Crippen molar-refractivity contribution >= 4 is 11.6 Å². The fourth-order valence-electron chi connectivity index (χ4n) is 0.995. The molecule has 1 aromatic heterocycles. The van der Waals surface area contributed by atoms with E-state index in [2.05, 4.69) is 14.7 Å². The Bertz CT molecular complexity index is 369. The van der Waals surface area contributed by atoms with Crippen LogP contribution in [0.15, 0.2) is 6.07 Å². The lowest BCUT2D eigenvalue weighted by Gasteiger charge is -2.14. The van der Waals surface area contributed by atoms with E-state index < -0.39 is 25.6 Å². The summed E-state index contributed by atoms with van der Waals surface area (Å²) >= 11 is 5.59. The predicted molar refractivity (Wildman–Crippen MR) is 52.4 cm³/mol. The van der Waals surface area contributed by atoms with Crippen molar-refractivity contribution in [2.45, 2.75) is 25.9 Å². The van der Waals surface area contributed by atoms with Crippen LogP contribution in [-0.4, -0.2) is 28.9 Å². The Morgan fingerprint density at radius 2 is 2.06 bits per heavy atom. The van der Waals surface area contributed by atoms with Gasteiger partial charge in [-0.25, -0.2) is 18.7 Å². The lowest BCUT2D eigenvalue weighted by molar-refractivity contribution is -0.168. The van der Waals surface area contributed by atoms with Crippen LogP contribution in [0.1, 0.15) is 11.5 Å². The first-order valence-electron chi connectivity index (χ1n) is 4.55. The number of alkyl halides is 4. The Morgan fingerprint density at radius 1 is 1.41 bits per heavy atom. The van der Waals surface area contributed by atoms with E-state index in [1.165, 1.54) is 6.07 Å². The van der Waals surface area contributed by atoms with Crippen LogP contribution in [0.2, 0.25) is 5.15 Å². The SMILES string of the molecule is Cc1cc(Cl)nc(COCC(F)(F)C(F)F)n1. The molecular formula is C9H9ClF4N2O. The Morgan fingerprint density at radius 3 is 2.59 bits per heavy atom. The van der Waals surface area contributed by atoms with Gasteiger partial charge >= 0.3 is 12.3 Å². The van der Waals surface area contributed by atoms with E-state index in [0.29, 0.717) is 5.69 Å². The molecule has 1 heterocycles. The molecule has 0 radical (unpaired) electrons. The van der Waals surface area contributed by atoms with Gasteiger partial charge in [0.05, 0.1) is 0 Å². The van der Waals surface area contributed by atoms with Crippen molar-refractivity contribution in [2.75, 3.05) is 6.61 Å². The van der Waals surface area contributed by atoms with Gasteiger partial charge in [-0.2, -0.15) is 8.78 Å². The molecule has 0 saturated heterocycles. The minimum absolute atomic E-state index is 0.0695. The molecule has 3 nitrogen and oxygen atoms in total. The summed E-state index contributed by atoms with van der Waals surface area (Å²) in [6.07, 6.45) is -3.76. The molecule has 1 aromatic rings. The second kappa shape index (κ2) is 5.59. The van der Waals surface area contributed by atoms with Crippen LogP contribution >= 0.6 is 11.6 Å². The number of nitrogens with zero attached hydrogens (tertiary/aromatic N) is 2. The van der Waals surface area contributed by atoms with Crippen molar-refractivity contribution in [1.29, 1.82) is 0 Å². The van der Waals surface area contributed by atoms with Crippen molar-refractivity contribution in [3.05, 3.63) is 22.7 Å². The lowest BCUT2D eigenvalue weighted by Crippen LogP contribution is -2.32. The third-order valence-corrected chi connectivity index (χ3v) is 1.91. The summed E-state index contributed by atoms with van der Waals surface area (Å²) in [5.74, 6) is -4.10. The van der Waals surface area contributed by atoms with E-state index in [9.17, 15) is 17.6 Å². The molecule has 0 bridgehead atoms. The molecule has 0 unspecified atom stereocenters. The second-order valence-corrected chi connectivity index (χ2v) is 3.69. The van der Waals surface area contributed by atoms with Gasteiger partial charge < -0.3 is 4.74 Å². The van der Waals surface area contributed by atoms with E-state index in [1.54, 1.807) is 6.92 Å². The quantitative estimate of drug-likeness (QED) is 0.611. The molecule has 17 heavy (non-hydrogen) atoms. The van der Waals surface area contributed by atoms with Crippen molar-refractivity contribution in [1.82, 2.24) is 9.97 Å². The zero-order chi connectivity index (χ0) is 13.1. The molecule has 0 saturated carbocycles. The topological polar surface area (TPSA) is 35.0 Å². The molecule has 0 aliphatic heterocycles. The summed E-state index contributed by atoms with van der Waals surface area (Å²) < 4.78 is 52.9. The van der Waals surface area contributed by atoms with Crippen LogP contribution in [0.3, 0.4) is 0 Å². The van der Waals surface area contributed by atoms with Crippen molar-refractivity contribution in [2.24, 2.45) is 0 Å². The fraction of sp³-hybridized carbons (Fsp3) is 0.556. The Balaban J connectivity index is 2.51. The molecular weight excluding hydrogens is 264 g/mol. The number of ether oxygens (including phenoxy) is 1. The second-order valence-electron chi connectivity index (χ2n) is 3.30. The number of aryl methyl sites for hydroxylation is 1. The molecule has 8 heteroatoms. The van der Waals surface area contributed by atoms with Gasteiger partial charge in [-0.1, -0.05) is 11.6 Å². The number of aromatic nitrogens is 2. The highest BCUT2D eigenvalue weighted by atomic mass is 35.5. The van der Waals surface area contributed by atoms with Gasteiger partial charge in [0, 0.05) is 5.69 Å². The molecule has 96 valence electrons. The zero-order valence-corrected chi connectivity index (χ0v) is 9.52. The molecule has 0 aliphatic rings. The summed E-state index contributed by atoms with van der Waals surface area (Å²) in [7, 11) is 0. The number of hydrogen-bond donors (Lipinski definition) is 0. The maximum Gasteiger partial charge on any atom is 0.330 e. The third kappa shape index (κ3) is 4.43. The normalized spacial score (nSPS) is 12.2. The first-order valence-corrected chi connectivity index (χ1v) is 4.93. The zero-order valence-electron chi connectivity index (χ0n) is 8.76. The van der Waals surface area contributed by atoms with Crippen LogP contribution in [0.25, 0.3) is 0 Å². The summed E-state index contributed by atoms with van der Waals surface area (Å²) in [5.41, 5.74) is 0.532. The van der Waals surface area contributed by atoms with Gasteiger partial charge in [-0.05, 0) is 13.0 Å². The maximum absolute atomic E-state index is 12.5. The van der Waals surface area contributed by atoms with Gasteiger partial charge in [0.25, 0.3) is 0 Å². The lowest BCUT2D eigenvalue weighted by atomic mass is 10.4. The molecule has 0 amide bonds. The van der Waals surface area contributed by atoms with Gasteiger partial charge in [0.15, 0.2) is 5.82 Å². The molecule has 0 aliphatic carbocycles. The highest BCUT2D eigenvalue weighted by Crippen LogP contribution is 2.23. The van der Waals surface area contributed by atoms with Gasteiger partial charge in [0.2, 0.25) is 0 Å². The van der Waals surface area contributed by atoms with Crippen molar-refractivity contribution in [3.63, 3.8) is 0 Å². The van der Waals surface area contributed by atoms with E-state index in [1.807, 2.05) is 0 Å². The standard InChI is InChI=1S/C9H9ClF4N2O/c1-5-2-6(10)16-7(15-5)3-17-4-9(13,14)8(11)12/h2,8H,3-4H2,1H3. The monoisotopic (exact) mass is 272 g/mol. The Hall–Kier alpha value is -0.950. The average Bonchev–Trinajstić information content (AvgIpc) is 2.15. The van der Waals surface area contributed by atoms with Gasteiger partial charge in [-0.3, -0.25) is 0 Å². The smallest absolute Gasteiger partial charge is 0.330 e. The fourth-order valence-corrected chi connectivity index (χ4v) is 1.25. The van der Waals surface area contributed by atoms with Crippen LogP contribution in [0, 0.1) is 6.92 Å². The third-order valence-electron chi connectivity index (χ3n) is 1.71. The first kappa shape index (κ1) is 14.1. The summed E-state index contributed by atoms with van der Waals surface area (Å²) in [4.78, 5) is 7.54. The minimum atomic E-state index is -4.17. The Labute approximate surface area is 99.8 Å². The van der Waals surface area contributed by atoms with E-state index in [-0.39, 0.29) is 11.0 Å². The Kier molecular flexibility index (Phi) is 4.64. The van der Waals surface area contributed by atoms with E-state index in [0.717, 1.165) is 0 Å². The average molecular weight is 273 g/mol. The molecule has 0 aromatic carbocycles. The number of halogens is 5. The molecule has 0 fully saturated rings.